The highest BCUT2D eigenvalue weighted by Crippen LogP contribution is 2.46. The van der Waals surface area contributed by atoms with Crippen molar-refractivity contribution in [1.29, 1.82) is 0 Å². The normalized spacial score (nSPS) is 13.3. The van der Waals surface area contributed by atoms with Crippen LogP contribution in [0, 0.1) is 0 Å². The second kappa shape index (κ2) is 9.44. The summed E-state index contributed by atoms with van der Waals surface area (Å²) in [5.41, 5.74) is 6.26. The van der Waals surface area contributed by atoms with Gasteiger partial charge < -0.3 is 4.42 Å². The van der Waals surface area contributed by atoms with E-state index in [4.69, 9.17) is 11.3 Å². The van der Waals surface area contributed by atoms with E-state index in [0.29, 0.717) is 16.7 Å². The molecule has 0 radical (unpaired) electrons. The van der Waals surface area contributed by atoms with E-state index < -0.39 is 6.04 Å². The van der Waals surface area contributed by atoms with E-state index in [1.807, 2.05) is 12.1 Å². The second-order valence-corrected chi connectivity index (χ2v) is 10.9. The van der Waals surface area contributed by atoms with Crippen molar-refractivity contribution in [2.24, 2.45) is 0 Å². The molecule has 0 saturated heterocycles. The van der Waals surface area contributed by atoms with Gasteiger partial charge in [-0.15, -0.1) is 0 Å². The third-order valence-electron chi connectivity index (χ3n) is 8.55. The molecule has 0 fully saturated rings. The minimum absolute atomic E-state index is 0.131. The van der Waals surface area contributed by atoms with Gasteiger partial charge in [-0.25, -0.2) is 0 Å². The molecule has 0 unspecified atom stereocenters. The first-order chi connectivity index (χ1) is 23.4. The lowest BCUT2D eigenvalue weighted by molar-refractivity contribution is 0.670. The molecule has 0 atom stereocenters. The minimum atomic E-state index is -0.416. The molecule has 9 aromatic rings. The maximum atomic E-state index is 8.59. The third-order valence-corrected chi connectivity index (χ3v) is 8.55. The van der Waals surface area contributed by atoms with Crippen molar-refractivity contribution in [3.05, 3.63) is 158 Å². The maximum absolute atomic E-state index is 8.59. The molecule has 9 rings (SSSR count). The highest BCUT2D eigenvalue weighted by atomic mass is 16.3. The van der Waals surface area contributed by atoms with Crippen molar-refractivity contribution < 1.29 is 11.3 Å². The summed E-state index contributed by atoms with van der Waals surface area (Å²) in [6.07, 6.45) is 0. The molecule has 0 N–H and O–H groups in total. The molecule has 0 bridgehead atoms. The first-order valence-electron chi connectivity index (χ1n) is 16.9. The Labute approximate surface area is 256 Å². The smallest absolute Gasteiger partial charge is 0.143 e. The lowest BCUT2D eigenvalue weighted by atomic mass is 9.84. The first kappa shape index (κ1) is 19.5. The van der Waals surface area contributed by atoms with Gasteiger partial charge in [-0.2, -0.15) is 0 Å². The summed E-state index contributed by atoms with van der Waals surface area (Å²) in [6.45, 7) is 0. The summed E-state index contributed by atoms with van der Waals surface area (Å²) in [7, 11) is 0. The van der Waals surface area contributed by atoms with E-state index in [1.165, 1.54) is 21.9 Å². The quantitative estimate of drug-likeness (QED) is 0.199. The topological polar surface area (TPSA) is 13.1 Å². The maximum Gasteiger partial charge on any atom is 0.143 e. The van der Waals surface area contributed by atoms with E-state index in [2.05, 4.69) is 109 Å². The van der Waals surface area contributed by atoms with Crippen LogP contribution in [0.4, 0.5) is 0 Å². The number of para-hydroxylation sites is 1. The predicted octanol–water partition coefficient (Wildman–Crippen LogP) is 12.0. The predicted molar refractivity (Wildman–Crippen MR) is 183 cm³/mol. The van der Waals surface area contributed by atoms with Crippen LogP contribution in [0.15, 0.2) is 162 Å². The van der Waals surface area contributed by atoms with Crippen LogP contribution < -0.4 is 0 Å². The first-order valence-corrected chi connectivity index (χ1v) is 14.4. The summed E-state index contributed by atoms with van der Waals surface area (Å²) in [6, 6.07) is 42.3. The monoisotopic (exact) mass is 551 g/mol. The fraction of sp³-hybridized carbons (Fsp3) is 0. The fourth-order valence-electron chi connectivity index (χ4n) is 6.71. The standard InChI is InChI=1S/C42H26O/c1-2-12-28(13-3-1)31-21-11-23-38-32-25-24-29(26-39(32)43-42(31)38)40-34-17-6-8-19-36(34)41(37-20-9-7-18-35(37)40)33-22-10-15-27-14-4-5-16-30(27)33/h1-26H/i1D,2D,3D,12D,13D. The summed E-state index contributed by atoms with van der Waals surface area (Å²) < 4.78 is 48.2. The molecule has 1 heteroatoms. The summed E-state index contributed by atoms with van der Waals surface area (Å²) in [4.78, 5) is 0. The molecule has 8 aromatic carbocycles. The second-order valence-electron chi connectivity index (χ2n) is 10.9. The van der Waals surface area contributed by atoms with E-state index in [1.54, 1.807) is 6.07 Å². The molecule has 43 heavy (non-hydrogen) atoms. The van der Waals surface area contributed by atoms with Crippen LogP contribution in [0.1, 0.15) is 6.85 Å². The van der Waals surface area contributed by atoms with Crippen LogP contribution in [-0.2, 0) is 0 Å². The van der Waals surface area contributed by atoms with Crippen LogP contribution >= 0.6 is 0 Å². The van der Waals surface area contributed by atoms with Crippen LogP contribution in [-0.4, -0.2) is 0 Å². The van der Waals surface area contributed by atoms with Gasteiger partial charge in [-0.3, -0.25) is 0 Å². The Balaban J connectivity index is 1.32. The Kier molecular flexibility index (Phi) is 4.27. The number of hydrogen-bond acceptors (Lipinski definition) is 1. The molecule has 200 valence electrons. The lowest BCUT2D eigenvalue weighted by Gasteiger charge is -2.18. The van der Waals surface area contributed by atoms with E-state index >= 15 is 0 Å². The molecule has 0 spiro atoms. The van der Waals surface area contributed by atoms with E-state index in [9.17, 15) is 0 Å². The largest absolute Gasteiger partial charge is 0.455 e. The van der Waals surface area contributed by atoms with Crippen molar-refractivity contribution in [2.45, 2.75) is 0 Å². The third kappa shape index (κ3) is 3.65. The molecule has 0 saturated carbocycles. The molecule has 1 heterocycles. The molecule has 0 amide bonds. The summed E-state index contributed by atoms with van der Waals surface area (Å²) in [5, 5.41) is 8.72. The lowest BCUT2D eigenvalue weighted by Crippen LogP contribution is -1.91. The highest BCUT2D eigenvalue weighted by Gasteiger charge is 2.19. The molecule has 1 nitrogen and oxygen atoms in total. The summed E-state index contributed by atoms with van der Waals surface area (Å²) in [5.74, 6) is 0. The van der Waals surface area contributed by atoms with Crippen LogP contribution in [0.3, 0.4) is 0 Å². The van der Waals surface area contributed by atoms with Gasteiger partial charge in [0.25, 0.3) is 0 Å². The van der Waals surface area contributed by atoms with Gasteiger partial charge in [-0.05, 0) is 72.3 Å². The summed E-state index contributed by atoms with van der Waals surface area (Å²) >= 11 is 0. The molecular formula is C42H26O. The van der Waals surface area contributed by atoms with Gasteiger partial charge in [0.15, 0.2) is 0 Å². The van der Waals surface area contributed by atoms with Crippen molar-refractivity contribution in [1.82, 2.24) is 0 Å². The van der Waals surface area contributed by atoms with Gasteiger partial charge in [0.1, 0.15) is 11.2 Å². The molecule has 0 aliphatic rings. The van der Waals surface area contributed by atoms with Crippen molar-refractivity contribution >= 4 is 54.3 Å². The van der Waals surface area contributed by atoms with Gasteiger partial charge in [0, 0.05) is 16.3 Å². The van der Waals surface area contributed by atoms with Crippen molar-refractivity contribution in [2.75, 3.05) is 0 Å². The zero-order valence-electron chi connectivity index (χ0n) is 28.0. The zero-order chi connectivity index (χ0) is 32.7. The Morgan fingerprint density at radius 3 is 1.74 bits per heavy atom. The molecule has 1 aromatic heterocycles. The number of fused-ring (bicyclic) bond motifs is 6. The number of benzene rings is 8. The van der Waals surface area contributed by atoms with Crippen molar-refractivity contribution in [3.8, 4) is 33.4 Å². The fourth-order valence-corrected chi connectivity index (χ4v) is 6.71. The van der Waals surface area contributed by atoms with Gasteiger partial charge in [-0.1, -0.05) is 145 Å². The van der Waals surface area contributed by atoms with Gasteiger partial charge >= 0.3 is 0 Å². The Morgan fingerprint density at radius 1 is 0.419 bits per heavy atom. The highest BCUT2D eigenvalue weighted by molar-refractivity contribution is 6.24. The van der Waals surface area contributed by atoms with Gasteiger partial charge in [0.05, 0.1) is 6.85 Å². The molecular weight excluding hydrogens is 520 g/mol. The zero-order valence-corrected chi connectivity index (χ0v) is 23.0. The average Bonchev–Trinajstić information content (AvgIpc) is 3.50. The number of furan rings is 1. The Morgan fingerprint density at radius 2 is 1.00 bits per heavy atom. The molecule has 0 aliphatic heterocycles. The Hall–Kier alpha value is -5.66. The number of hydrogen-bond donors (Lipinski definition) is 0. The van der Waals surface area contributed by atoms with Crippen LogP contribution in [0.2, 0.25) is 0 Å². The Bertz CT molecular complexity index is 2700. The molecule has 0 aliphatic carbocycles. The van der Waals surface area contributed by atoms with E-state index in [0.717, 1.165) is 43.4 Å². The number of rotatable bonds is 3. The minimum Gasteiger partial charge on any atom is -0.455 e. The van der Waals surface area contributed by atoms with Gasteiger partial charge in [0.2, 0.25) is 0 Å². The average molecular weight is 552 g/mol. The van der Waals surface area contributed by atoms with Crippen molar-refractivity contribution in [3.63, 3.8) is 0 Å². The van der Waals surface area contributed by atoms with Crippen LogP contribution in [0.5, 0.6) is 0 Å². The van der Waals surface area contributed by atoms with E-state index in [-0.39, 0.29) is 29.7 Å². The van der Waals surface area contributed by atoms with Crippen LogP contribution in [0.25, 0.3) is 87.6 Å². The SMILES string of the molecule is [2H]c1c([2H])c([2H])c(-c2cccc3c2oc2cc(-c4c5ccccc5c(-c5cccc6ccccc56)c5ccccc45)ccc23)c([2H])c1[2H].